The first-order chi connectivity index (χ1) is 16.1. The molecule has 0 radical (unpaired) electrons. The fourth-order valence-corrected chi connectivity index (χ4v) is 4.79. The molecule has 0 heterocycles. The number of hydrogen-bond acceptors (Lipinski definition) is 9. The highest BCUT2D eigenvalue weighted by Gasteiger charge is 2.37. The van der Waals surface area contributed by atoms with Gasteiger partial charge in [-0.1, -0.05) is 12.1 Å². The minimum Gasteiger partial charge on any atom is -0.466 e. The van der Waals surface area contributed by atoms with Gasteiger partial charge in [0.25, 0.3) is 5.91 Å². The van der Waals surface area contributed by atoms with Gasteiger partial charge in [-0.15, -0.1) is 0 Å². The van der Waals surface area contributed by atoms with E-state index >= 15 is 0 Å². The van der Waals surface area contributed by atoms with E-state index < -0.39 is 49.7 Å². The van der Waals surface area contributed by atoms with E-state index in [1.165, 1.54) is 12.1 Å². The van der Waals surface area contributed by atoms with Crippen LogP contribution in [0.3, 0.4) is 0 Å². The van der Waals surface area contributed by atoms with E-state index in [2.05, 4.69) is 5.32 Å². The van der Waals surface area contributed by atoms with E-state index in [0.717, 1.165) is 0 Å². The summed E-state index contributed by atoms with van der Waals surface area (Å²) in [4.78, 5) is 49.2. The molecular formula is C22H33N2O9P. The van der Waals surface area contributed by atoms with Crippen molar-refractivity contribution in [3.05, 3.63) is 35.4 Å². The zero-order valence-electron chi connectivity index (χ0n) is 19.9. The van der Waals surface area contributed by atoms with Crippen molar-refractivity contribution >= 4 is 31.3 Å². The maximum absolute atomic E-state index is 12.8. The monoisotopic (exact) mass is 500 g/mol. The second kappa shape index (κ2) is 14.5. The summed E-state index contributed by atoms with van der Waals surface area (Å²) < 4.78 is 33.0. The molecule has 3 N–H and O–H groups in total. The van der Waals surface area contributed by atoms with Crippen molar-refractivity contribution in [2.45, 2.75) is 46.3 Å². The molecule has 1 aromatic rings. The van der Waals surface area contributed by atoms with Crippen LogP contribution in [-0.4, -0.2) is 56.2 Å². The van der Waals surface area contributed by atoms with Crippen LogP contribution in [0.15, 0.2) is 24.3 Å². The van der Waals surface area contributed by atoms with Crippen LogP contribution in [0.2, 0.25) is 0 Å². The van der Waals surface area contributed by atoms with E-state index in [1.807, 2.05) is 0 Å². The zero-order chi connectivity index (χ0) is 25.7. The van der Waals surface area contributed by atoms with Crippen molar-refractivity contribution in [2.24, 2.45) is 11.7 Å². The second-order valence-electron chi connectivity index (χ2n) is 7.02. The number of ether oxygens (including phenoxy) is 2. The molecule has 0 aromatic heterocycles. The Morgan fingerprint density at radius 2 is 1.47 bits per heavy atom. The lowest BCUT2D eigenvalue weighted by atomic mass is 9.95. The molecule has 2 atom stereocenters. The highest BCUT2D eigenvalue weighted by Crippen LogP contribution is 2.51. The van der Waals surface area contributed by atoms with Gasteiger partial charge < -0.3 is 29.6 Å². The van der Waals surface area contributed by atoms with Crippen molar-refractivity contribution in [1.82, 2.24) is 5.32 Å². The summed E-state index contributed by atoms with van der Waals surface area (Å²) in [5.74, 6) is -4.67. The minimum absolute atomic E-state index is 0.00635. The van der Waals surface area contributed by atoms with Crippen LogP contribution in [0.1, 0.15) is 50.0 Å². The summed E-state index contributed by atoms with van der Waals surface area (Å²) in [5, 5.41) is 2.40. The lowest BCUT2D eigenvalue weighted by Crippen LogP contribution is -2.52. The predicted octanol–water partition coefficient (Wildman–Crippen LogP) is 2.17. The number of rotatable bonds is 15. The lowest BCUT2D eigenvalue weighted by Gasteiger charge is -2.23. The first-order valence-corrected chi connectivity index (χ1v) is 12.7. The molecule has 2 amide bonds. The fourth-order valence-electron chi connectivity index (χ4n) is 3.09. The smallest absolute Gasteiger partial charge is 0.335 e. The van der Waals surface area contributed by atoms with E-state index in [1.54, 1.807) is 39.8 Å². The maximum atomic E-state index is 12.8. The number of amides is 2. The number of esters is 2. The molecule has 0 spiro atoms. The number of benzene rings is 1. The number of nitrogens with two attached hydrogens (primary N) is 1. The highest BCUT2D eigenvalue weighted by molar-refractivity contribution is 7.53. The molecule has 0 aliphatic carbocycles. The standard InChI is InChI=1S/C22H33N2O9P/c1-5-30-18(25)13-17(22(28)31-6-2)19(20(23)26)24-21(27)16-11-9-15(10-12-16)14-34(29,32-7-3)33-8-4/h9-12,17,19H,5-8,13-14H2,1-4H3,(H2,23,26)(H,24,27)/t17-,19-/m1/s1. The summed E-state index contributed by atoms with van der Waals surface area (Å²) >= 11 is 0. The Hall–Kier alpha value is -2.75. The van der Waals surface area contributed by atoms with E-state index in [-0.39, 0.29) is 38.2 Å². The molecule has 1 rings (SSSR count). The predicted molar refractivity (Wildman–Crippen MR) is 123 cm³/mol. The molecule has 1 aromatic carbocycles. The van der Waals surface area contributed by atoms with Crippen molar-refractivity contribution in [3.8, 4) is 0 Å². The average molecular weight is 500 g/mol. The minimum atomic E-state index is -3.32. The molecule has 190 valence electrons. The summed E-state index contributed by atoms with van der Waals surface area (Å²) in [6, 6.07) is 4.54. The molecule has 0 saturated heterocycles. The second-order valence-corrected chi connectivity index (χ2v) is 9.08. The molecule has 0 fully saturated rings. The van der Waals surface area contributed by atoms with Crippen molar-refractivity contribution in [3.63, 3.8) is 0 Å². The Balaban J connectivity index is 3.05. The number of carbonyl (C=O) groups excluding carboxylic acids is 4. The Morgan fingerprint density at radius 3 is 1.94 bits per heavy atom. The maximum Gasteiger partial charge on any atom is 0.335 e. The van der Waals surface area contributed by atoms with Crippen molar-refractivity contribution < 1.29 is 42.3 Å². The fraction of sp³-hybridized carbons (Fsp3) is 0.545. The van der Waals surface area contributed by atoms with Gasteiger partial charge in [0.2, 0.25) is 5.91 Å². The van der Waals surface area contributed by atoms with Crippen LogP contribution in [0.25, 0.3) is 0 Å². The van der Waals surface area contributed by atoms with Crippen LogP contribution >= 0.6 is 7.60 Å². The summed E-state index contributed by atoms with van der Waals surface area (Å²) in [5.41, 5.74) is 6.19. The average Bonchev–Trinajstić information content (AvgIpc) is 2.76. The van der Waals surface area contributed by atoms with Crippen LogP contribution in [0, 0.1) is 5.92 Å². The first-order valence-electron chi connectivity index (χ1n) is 11.0. The summed E-state index contributed by atoms with van der Waals surface area (Å²) in [6.45, 7) is 7.10. The SMILES string of the molecule is CCOC(=O)C[C@@H](C(=O)OCC)[C@@H](NC(=O)c1ccc(CP(=O)(OCC)OCC)cc1)C(N)=O. The van der Waals surface area contributed by atoms with Gasteiger partial charge in [0.1, 0.15) is 6.04 Å². The largest absolute Gasteiger partial charge is 0.466 e. The van der Waals surface area contributed by atoms with Crippen LogP contribution in [0.4, 0.5) is 0 Å². The molecule has 34 heavy (non-hydrogen) atoms. The Labute approximate surface area is 199 Å². The van der Waals surface area contributed by atoms with Gasteiger partial charge in [0.05, 0.1) is 44.9 Å². The van der Waals surface area contributed by atoms with Gasteiger partial charge in [0, 0.05) is 5.56 Å². The van der Waals surface area contributed by atoms with Crippen LogP contribution < -0.4 is 11.1 Å². The third-order valence-corrected chi connectivity index (χ3v) is 6.58. The number of carbonyl (C=O) groups is 4. The molecule has 0 aliphatic heterocycles. The lowest BCUT2D eigenvalue weighted by molar-refractivity contribution is -0.156. The van der Waals surface area contributed by atoms with Gasteiger partial charge >= 0.3 is 19.5 Å². The van der Waals surface area contributed by atoms with Gasteiger partial charge in [-0.05, 0) is 45.4 Å². The van der Waals surface area contributed by atoms with Crippen molar-refractivity contribution in [2.75, 3.05) is 26.4 Å². The molecule has 0 unspecified atom stereocenters. The number of hydrogen-bond donors (Lipinski definition) is 2. The van der Waals surface area contributed by atoms with Gasteiger partial charge in [-0.2, -0.15) is 0 Å². The molecule has 12 heteroatoms. The van der Waals surface area contributed by atoms with E-state index in [0.29, 0.717) is 5.56 Å². The summed E-state index contributed by atoms with van der Waals surface area (Å²) in [7, 11) is -3.32. The highest BCUT2D eigenvalue weighted by atomic mass is 31.2. The normalized spacial score (nSPS) is 12.9. The van der Waals surface area contributed by atoms with Crippen molar-refractivity contribution in [1.29, 1.82) is 0 Å². The number of nitrogens with one attached hydrogen (secondary N) is 1. The Bertz CT molecular complexity index is 879. The third-order valence-electron chi connectivity index (χ3n) is 4.52. The number of primary amides is 1. The molecular weight excluding hydrogens is 467 g/mol. The summed E-state index contributed by atoms with van der Waals surface area (Å²) in [6.07, 6.45) is -0.478. The van der Waals surface area contributed by atoms with Crippen LogP contribution in [0.5, 0.6) is 0 Å². The van der Waals surface area contributed by atoms with E-state index in [4.69, 9.17) is 24.3 Å². The molecule has 11 nitrogen and oxygen atoms in total. The topological polar surface area (TPSA) is 160 Å². The van der Waals surface area contributed by atoms with Crippen LogP contribution in [-0.2, 0) is 43.6 Å². The van der Waals surface area contributed by atoms with E-state index in [9.17, 15) is 23.7 Å². The quantitative estimate of drug-likeness (QED) is 0.272. The third kappa shape index (κ3) is 9.24. The Kier molecular flexibility index (Phi) is 12.5. The van der Waals surface area contributed by atoms with Gasteiger partial charge in [-0.25, -0.2) is 0 Å². The molecule has 0 saturated carbocycles. The van der Waals surface area contributed by atoms with Gasteiger partial charge in [0.15, 0.2) is 0 Å². The first kappa shape index (κ1) is 29.3. The van der Waals surface area contributed by atoms with Gasteiger partial charge in [-0.3, -0.25) is 23.7 Å². The Morgan fingerprint density at radius 1 is 0.912 bits per heavy atom. The zero-order valence-corrected chi connectivity index (χ0v) is 20.8. The molecule has 0 aliphatic rings. The molecule has 0 bridgehead atoms.